The number of hydrogen-bond acceptors (Lipinski definition) is 3. The maximum atomic E-state index is 11.2. The highest BCUT2D eigenvalue weighted by molar-refractivity contribution is 7.98. The molecule has 1 atom stereocenters. The van der Waals surface area contributed by atoms with Gasteiger partial charge < -0.3 is 11.1 Å². The summed E-state index contributed by atoms with van der Waals surface area (Å²) in [5, 5.41) is 3.10. The minimum atomic E-state index is -0.273. The van der Waals surface area contributed by atoms with E-state index in [0.29, 0.717) is 0 Å². The van der Waals surface area contributed by atoms with Gasteiger partial charge in [-0.2, -0.15) is 11.8 Å². The molecule has 0 bridgehead atoms. The Labute approximate surface area is 114 Å². The molecule has 0 fully saturated rings. The summed E-state index contributed by atoms with van der Waals surface area (Å²) in [7, 11) is 0. The molecule has 1 amide bonds. The Kier molecular flexibility index (Phi) is 6.22. The third-order valence-corrected chi connectivity index (χ3v) is 3.74. The summed E-state index contributed by atoms with van der Waals surface area (Å²) >= 11 is 1.74. The third kappa shape index (κ3) is 5.10. The largest absolute Gasteiger partial charge is 0.368 e. The monoisotopic (exact) mass is 266 g/mol. The number of nitrogens with two attached hydrogens (primary N) is 1. The molecule has 1 rings (SSSR count). The molecule has 3 nitrogen and oxygen atoms in total. The zero-order valence-electron chi connectivity index (χ0n) is 11.3. The number of aryl methyl sites for hydroxylation is 2. The first-order chi connectivity index (χ1) is 8.52. The van der Waals surface area contributed by atoms with Crippen LogP contribution < -0.4 is 11.1 Å². The number of hydrogen-bond donors (Lipinski definition) is 2. The molecule has 0 aromatic heterocycles. The van der Waals surface area contributed by atoms with Crippen molar-refractivity contribution in [3.63, 3.8) is 0 Å². The first kappa shape index (κ1) is 15.1. The summed E-state index contributed by atoms with van der Waals surface area (Å²) in [6, 6.07) is 6.31. The molecule has 4 heteroatoms. The summed E-state index contributed by atoms with van der Waals surface area (Å²) in [6.07, 6.45) is 0. The molecule has 0 spiro atoms. The molecule has 0 heterocycles. The molecule has 0 aliphatic rings. The van der Waals surface area contributed by atoms with Crippen molar-refractivity contribution in [2.24, 2.45) is 5.73 Å². The van der Waals surface area contributed by atoms with Crippen LogP contribution in [0.1, 0.15) is 23.6 Å². The van der Waals surface area contributed by atoms with Gasteiger partial charge in [0.15, 0.2) is 0 Å². The van der Waals surface area contributed by atoms with Crippen LogP contribution in [0, 0.1) is 13.8 Å². The highest BCUT2D eigenvalue weighted by atomic mass is 32.2. The molecule has 100 valence electrons. The lowest BCUT2D eigenvalue weighted by Gasteiger charge is -2.13. The fourth-order valence-electron chi connectivity index (χ4n) is 1.93. The standard InChI is InChI=1S/C14H22N2OS/c1-4-16-13(14(15)17)9-18-8-12-6-10(2)5-11(3)7-12/h5-7,13,16H,4,8-9H2,1-3H3,(H2,15,17). The van der Waals surface area contributed by atoms with Crippen LogP contribution >= 0.6 is 11.8 Å². The molecular formula is C14H22N2OS. The number of primary amides is 1. The molecule has 1 unspecified atom stereocenters. The molecule has 3 N–H and O–H groups in total. The maximum absolute atomic E-state index is 11.2. The normalized spacial score (nSPS) is 12.4. The van der Waals surface area contributed by atoms with Gasteiger partial charge in [0.2, 0.25) is 5.91 Å². The van der Waals surface area contributed by atoms with Crippen molar-refractivity contribution in [2.45, 2.75) is 32.6 Å². The number of carbonyl (C=O) groups excluding carboxylic acids is 1. The number of carbonyl (C=O) groups is 1. The lowest BCUT2D eigenvalue weighted by atomic mass is 10.1. The summed E-state index contributed by atoms with van der Waals surface area (Å²) < 4.78 is 0. The van der Waals surface area contributed by atoms with Gasteiger partial charge in [-0.3, -0.25) is 4.79 Å². The predicted molar refractivity (Wildman–Crippen MR) is 78.7 cm³/mol. The van der Waals surface area contributed by atoms with E-state index in [4.69, 9.17) is 5.73 Å². The number of amides is 1. The van der Waals surface area contributed by atoms with Crippen LogP contribution in [0.25, 0.3) is 0 Å². The maximum Gasteiger partial charge on any atom is 0.235 e. The van der Waals surface area contributed by atoms with Crippen LogP contribution in [0.5, 0.6) is 0 Å². The van der Waals surface area contributed by atoms with Crippen LogP contribution in [-0.2, 0) is 10.5 Å². The second-order valence-corrected chi connectivity index (χ2v) is 5.55. The zero-order chi connectivity index (χ0) is 13.5. The van der Waals surface area contributed by atoms with Crippen LogP contribution in [-0.4, -0.2) is 24.2 Å². The van der Waals surface area contributed by atoms with E-state index in [1.807, 2.05) is 6.92 Å². The van der Waals surface area contributed by atoms with Gasteiger partial charge >= 0.3 is 0 Å². The van der Waals surface area contributed by atoms with Crippen molar-refractivity contribution in [1.29, 1.82) is 0 Å². The molecular weight excluding hydrogens is 244 g/mol. The topological polar surface area (TPSA) is 55.1 Å². The lowest BCUT2D eigenvalue weighted by molar-refractivity contribution is -0.119. The molecule has 0 aliphatic heterocycles. The van der Waals surface area contributed by atoms with Gasteiger partial charge in [-0.05, 0) is 26.0 Å². The van der Waals surface area contributed by atoms with E-state index >= 15 is 0 Å². The number of nitrogens with one attached hydrogen (secondary N) is 1. The molecule has 1 aromatic rings. The van der Waals surface area contributed by atoms with E-state index in [1.54, 1.807) is 11.8 Å². The Hall–Kier alpha value is -1.00. The molecule has 0 aliphatic carbocycles. The molecule has 0 saturated carbocycles. The van der Waals surface area contributed by atoms with E-state index in [2.05, 4.69) is 37.4 Å². The van der Waals surface area contributed by atoms with Gasteiger partial charge in [0, 0.05) is 11.5 Å². The van der Waals surface area contributed by atoms with Crippen molar-refractivity contribution in [1.82, 2.24) is 5.32 Å². The second kappa shape index (κ2) is 7.44. The van der Waals surface area contributed by atoms with E-state index in [0.717, 1.165) is 18.1 Å². The van der Waals surface area contributed by atoms with Gasteiger partial charge in [-0.25, -0.2) is 0 Å². The third-order valence-electron chi connectivity index (χ3n) is 2.63. The average Bonchev–Trinajstić information content (AvgIpc) is 2.26. The lowest BCUT2D eigenvalue weighted by Crippen LogP contribution is -2.43. The first-order valence-corrected chi connectivity index (χ1v) is 7.36. The van der Waals surface area contributed by atoms with Crippen molar-refractivity contribution in [3.8, 4) is 0 Å². The predicted octanol–water partition coefficient (Wildman–Crippen LogP) is 2.00. The number of benzene rings is 1. The number of rotatable bonds is 7. The van der Waals surface area contributed by atoms with Crippen molar-refractivity contribution in [2.75, 3.05) is 12.3 Å². The van der Waals surface area contributed by atoms with Crippen molar-refractivity contribution < 1.29 is 4.79 Å². The fraction of sp³-hybridized carbons (Fsp3) is 0.500. The van der Waals surface area contributed by atoms with E-state index in [-0.39, 0.29) is 11.9 Å². The number of likely N-dealkylation sites (N-methyl/N-ethyl adjacent to an activating group) is 1. The summed E-state index contributed by atoms with van der Waals surface area (Å²) in [5.41, 5.74) is 9.20. The zero-order valence-corrected chi connectivity index (χ0v) is 12.1. The smallest absolute Gasteiger partial charge is 0.235 e. The van der Waals surface area contributed by atoms with Crippen molar-refractivity contribution in [3.05, 3.63) is 34.9 Å². The summed E-state index contributed by atoms with van der Waals surface area (Å²) in [4.78, 5) is 11.2. The van der Waals surface area contributed by atoms with Crippen molar-refractivity contribution >= 4 is 17.7 Å². The van der Waals surface area contributed by atoms with Gasteiger partial charge in [-0.1, -0.05) is 36.2 Å². The summed E-state index contributed by atoms with van der Waals surface area (Å²) in [5.74, 6) is 1.36. The van der Waals surface area contributed by atoms with Gasteiger partial charge in [0.1, 0.15) is 0 Å². The highest BCUT2D eigenvalue weighted by Crippen LogP contribution is 2.16. The van der Waals surface area contributed by atoms with Crippen LogP contribution in [0.2, 0.25) is 0 Å². The Morgan fingerprint density at radius 2 is 1.94 bits per heavy atom. The van der Waals surface area contributed by atoms with Gasteiger partial charge in [-0.15, -0.1) is 0 Å². The van der Waals surface area contributed by atoms with Gasteiger partial charge in [0.05, 0.1) is 6.04 Å². The minimum Gasteiger partial charge on any atom is -0.368 e. The van der Waals surface area contributed by atoms with E-state index in [1.165, 1.54) is 16.7 Å². The average molecular weight is 266 g/mol. The van der Waals surface area contributed by atoms with Gasteiger partial charge in [0.25, 0.3) is 0 Å². The Balaban J connectivity index is 2.47. The Morgan fingerprint density at radius 1 is 1.33 bits per heavy atom. The van der Waals surface area contributed by atoms with Crippen LogP contribution in [0.15, 0.2) is 18.2 Å². The fourth-order valence-corrected chi connectivity index (χ4v) is 2.97. The Morgan fingerprint density at radius 3 is 2.44 bits per heavy atom. The van der Waals surface area contributed by atoms with E-state index < -0.39 is 0 Å². The SMILES string of the molecule is CCNC(CSCc1cc(C)cc(C)c1)C(N)=O. The molecule has 18 heavy (non-hydrogen) atoms. The van der Waals surface area contributed by atoms with Crippen LogP contribution in [0.3, 0.4) is 0 Å². The molecule has 0 radical (unpaired) electrons. The minimum absolute atomic E-state index is 0.231. The summed E-state index contributed by atoms with van der Waals surface area (Å²) in [6.45, 7) is 6.94. The quantitative estimate of drug-likeness (QED) is 0.793. The Bertz CT molecular complexity index is 387. The molecule has 0 saturated heterocycles. The highest BCUT2D eigenvalue weighted by Gasteiger charge is 2.13. The number of thioether (sulfide) groups is 1. The first-order valence-electron chi connectivity index (χ1n) is 6.20. The second-order valence-electron chi connectivity index (χ2n) is 4.52. The van der Waals surface area contributed by atoms with Crippen LogP contribution in [0.4, 0.5) is 0 Å². The molecule has 1 aromatic carbocycles. The van der Waals surface area contributed by atoms with E-state index in [9.17, 15) is 4.79 Å².